The number of benzene rings is 1. The predicted octanol–water partition coefficient (Wildman–Crippen LogP) is 2.36. The zero-order valence-electron chi connectivity index (χ0n) is 10.6. The number of halogens is 1. The highest BCUT2D eigenvalue weighted by molar-refractivity contribution is 7.80. The summed E-state index contributed by atoms with van der Waals surface area (Å²) >= 11 is 11.0. The minimum absolute atomic E-state index is 0.312. The predicted molar refractivity (Wildman–Crippen MR) is 82.7 cm³/mol. The summed E-state index contributed by atoms with van der Waals surface area (Å²) < 4.78 is 1.79. The molecule has 0 bridgehead atoms. The SMILES string of the molecule is Cn1cc(CCNc2ccc(C(N)=S)c(Cl)c2)cn1. The van der Waals surface area contributed by atoms with E-state index in [4.69, 9.17) is 29.6 Å². The van der Waals surface area contributed by atoms with Crippen LogP contribution in [-0.2, 0) is 13.5 Å². The minimum Gasteiger partial charge on any atom is -0.389 e. The van der Waals surface area contributed by atoms with Gasteiger partial charge in [-0.1, -0.05) is 23.8 Å². The van der Waals surface area contributed by atoms with E-state index in [0.29, 0.717) is 15.6 Å². The van der Waals surface area contributed by atoms with Crippen molar-refractivity contribution in [1.82, 2.24) is 9.78 Å². The van der Waals surface area contributed by atoms with E-state index in [1.165, 1.54) is 5.56 Å². The van der Waals surface area contributed by atoms with E-state index in [0.717, 1.165) is 18.7 Å². The number of anilines is 1. The summed E-state index contributed by atoms with van der Waals surface area (Å²) in [6, 6.07) is 5.58. The highest BCUT2D eigenvalue weighted by Crippen LogP contribution is 2.20. The Balaban J connectivity index is 1.93. The van der Waals surface area contributed by atoms with Crippen LogP contribution < -0.4 is 11.1 Å². The average molecular weight is 295 g/mol. The van der Waals surface area contributed by atoms with Crippen molar-refractivity contribution in [3.8, 4) is 0 Å². The quantitative estimate of drug-likeness (QED) is 0.831. The summed E-state index contributed by atoms with van der Waals surface area (Å²) in [4.78, 5) is 0.312. The van der Waals surface area contributed by atoms with Crippen LogP contribution in [0.2, 0.25) is 5.02 Å². The van der Waals surface area contributed by atoms with Gasteiger partial charge in [-0.3, -0.25) is 4.68 Å². The fraction of sp³-hybridized carbons (Fsp3) is 0.231. The first kappa shape index (κ1) is 13.8. The van der Waals surface area contributed by atoms with Crippen molar-refractivity contribution in [3.05, 3.63) is 46.7 Å². The van der Waals surface area contributed by atoms with Crippen molar-refractivity contribution in [1.29, 1.82) is 0 Å². The van der Waals surface area contributed by atoms with Gasteiger partial charge in [-0.15, -0.1) is 0 Å². The normalized spacial score (nSPS) is 10.4. The van der Waals surface area contributed by atoms with Crippen molar-refractivity contribution in [2.75, 3.05) is 11.9 Å². The lowest BCUT2D eigenvalue weighted by atomic mass is 10.2. The molecule has 0 radical (unpaired) electrons. The largest absolute Gasteiger partial charge is 0.389 e. The minimum atomic E-state index is 0.312. The zero-order chi connectivity index (χ0) is 13.8. The second-order valence-corrected chi connectivity index (χ2v) is 5.10. The number of aryl methyl sites for hydroxylation is 1. The van der Waals surface area contributed by atoms with Crippen LogP contribution in [0.1, 0.15) is 11.1 Å². The Labute approximate surface area is 122 Å². The third kappa shape index (κ3) is 3.68. The van der Waals surface area contributed by atoms with E-state index in [1.54, 1.807) is 4.68 Å². The highest BCUT2D eigenvalue weighted by Gasteiger charge is 2.04. The molecule has 2 rings (SSSR count). The van der Waals surface area contributed by atoms with E-state index >= 15 is 0 Å². The molecule has 1 aromatic heterocycles. The molecule has 0 saturated heterocycles. The molecule has 0 atom stereocenters. The highest BCUT2D eigenvalue weighted by atomic mass is 35.5. The van der Waals surface area contributed by atoms with Crippen molar-refractivity contribution < 1.29 is 0 Å². The van der Waals surface area contributed by atoms with Crippen molar-refractivity contribution >= 4 is 34.5 Å². The third-order valence-corrected chi connectivity index (χ3v) is 3.27. The Kier molecular flexibility index (Phi) is 4.39. The number of nitrogens with two attached hydrogens (primary N) is 1. The number of hydrogen-bond acceptors (Lipinski definition) is 3. The van der Waals surface area contributed by atoms with Crippen LogP contribution in [-0.4, -0.2) is 21.3 Å². The summed E-state index contributed by atoms with van der Waals surface area (Å²) in [5, 5.41) is 8.00. The van der Waals surface area contributed by atoms with Gasteiger partial charge in [0.1, 0.15) is 4.99 Å². The van der Waals surface area contributed by atoms with E-state index in [9.17, 15) is 0 Å². The van der Waals surface area contributed by atoms with Gasteiger partial charge in [-0.05, 0) is 30.2 Å². The summed E-state index contributed by atoms with van der Waals surface area (Å²) in [5.41, 5.74) is 8.41. The van der Waals surface area contributed by atoms with Gasteiger partial charge in [-0.2, -0.15) is 5.10 Å². The fourth-order valence-corrected chi connectivity index (χ4v) is 2.29. The van der Waals surface area contributed by atoms with Gasteiger partial charge in [0.25, 0.3) is 0 Å². The van der Waals surface area contributed by atoms with E-state index in [-0.39, 0.29) is 0 Å². The molecule has 0 spiro atoms. The van der Waals surface area contributed by atoms with Crippen molar-refractivity contribution in [2.45, 2.75) is 6.42 Å². The smallest absolute Gasteiger partial charge is 0.105 e. The maximum atomic E-state index is 6.10. The molecule has 0 aliphatic heterocycles. The lowest BCUT2D eigenvalue weighted by Gasteiger charge is -2.08. The molecule has 4 nitrogen and oxygen atoms in total. The van der Waals surface area contributed by atoms with E-state index in [1.807, 2.05) is 37.6 Å². The van der Waals surface area contributed by atoms with Crippen LogP contribution in [0.15, 0.2) is 30.6 Å². The number of nitrogens with one attached hydrogen (secondary N) is 1. The molecule has 1 heterocycles. The summed E-state index contributed by atoms with van der Waals surface area (Å²) in [5.74, 6) is 0. The summed E-state index contributed by atoms with van der Waals surface area (Å²) in [6.07, 6.45) is 4.78. The molecule has 6 heteroatoms. The fourth-order valence-electron chi connectivity index (χ4n) is 1.78. The van der Waals surface area contributed by atoms with Gasteiger partial charge in [-0.25, -0.2) is 0 Å². The first-order valence-corrected chi connectivity index (χ1v) is 6.65. The number of hydrogen-bond donors (Lipinski definition) is 2. The molecular weight excluding hydrogens is 280 g/mol. The van der Waals surface area contributed by atoms with E-state index in [2.05, 4.69) is 10.4 Å². The van der Waals surface area contributed by atoms with Crippen molar-refractivity contribution in [3.63, 3.8) is 0 Å². The lowest BCUT2D eigenvalue weighted by molar-refractivity contribution is 0.767. The van der Waals surface area contributed by atoms with E-state index < -0.39 is 0 Å². The van der Waals surface area contributed by atoms with Gasteiger partial charge in [0.2, 0.25) is 0 Å². The number of nitrogens with zero attached hydrogens (tertiary/aromatic N) is 2. The molecule has 1 aromatic carbocycles. The lowest BCUT2D eigenvalue weighted by Crippen LogP contribution is -2.10. The maximum absolute atomic E-state index is 6.10. The Bertz CT molecular complexity index is 594. The summed E-state index contributed by atoms with van der Waals surface area (Å²) in [7, 11) is 1.91. The molecule has 0 amide bonds. The molecule has 0 saturated carbocycles. The van der Waals surface area contributed by atoms with Crippen LogP contribution in [0.5, 0.6) is 0 Å². The Morgan fingerprint density at radius 2 is 2.32 bits per heavy atom. The maximum Gasteiger partial charge on any atom is 0.105 e. The monoisotopic (exact) mass is 294 g/mol. The Hall–Kier alpha value is -1.59. The van der Waals surface area contributed by atoms with Gasteiger partial charge < -0.3 is 11.1 Å². The van der Waals surface area contributed by atoms with Gasteiger partial charge in [0, 0.05) is 31.0 Å². The van der Waals surface area contributed by atoms with Gasteiger partial charge >= 0.3 is 0 Å². The number of rotatable bonds is 5. The molecule has 100 valence electrons. The van der Waals surface area contributed by atoms with Crippen LogP contribution in [0, 0.1) is 0 Å². The molecule has 2 aromatic rings. The molecule has 19 heavy (non-hydrogen) atoms. The van der Waals surface area contributed by atoms with Crippen molar-refractivity contribution in [2.24, 2.45) is 12.8 Å². The molecule has 0 aliphatic rings. The van der Waals surface area contributed by atoms with Gasteiger partial charge in [0.05, 0.1) is 11.2 Å². The second-order valence-electron chi connectivity index (χ2n) is 4.26. The Morgan fingerprint density at radius 3 is 2.89 bits per heavy atom. The Morgan fingerprint density at radius 1 is 1.53 bits per heavy atom. The van der Waals surface area contributed by atoms with Crippen LogP contribution >= 0.6 is 23.8 Å². The first-order chi connectivity index (χ1) is 9.06. The van der Waals surface area contributed by atoms with Crippen LogP contribution in [0.4, 0.5) is 5.69 Å². The molecule has 3 N–H and O–H groups in total. The molecular formula is C13H15ClN4S. The number of aromatic nitrogens is 2. The number of thiocarbonyl (C=S) groups is 1. The van der Waals surface area contributed by atoms with Crippen LogP contribution in [0.25, 0.3) is 0 Å². The zero-order valence-corrected chi connectivity index (χ0v) is 12.1. The molecule has 0 unspecified atom stereocenters. The van der Waals surface area contributed by atoms with Gasteiger partial charge in [0.15, 0.2) is 0 Å². The second kappa shape index (κ2) is 6.04. The standard InChI is InChI=1S/C13H15ClN4S/c1-18-8-9(7-17-18)4-5-16-10-2-3-11(13(15)19)12(14)6-10/h2-3,6-8,16H,4-5H2,1H3,(H2,15,19). The topological polar surface area (TPSA) is 55.9 Å². The molecule has 0 aliphatic carbocycles. The third-order valence-electron chi connectivity index (χ3n) is 2.74. The van der Waals surface area contributed by atoms with Crippen LogP contribution in [0.3, 0.4) is 0 Å². The average Bonchev–Trinajstić information content (AvgIpc) is 2.75. The first-order valence-electron chi connectivity index (χ1n) is 5.87. The molecule has 0 fully saturated rings. The summed E-state index contributed by atoms with van der Waals surface area (Å²) in [6.45, 7) is 0.814.